The van der Waals surface area contributed by atoms with Crippen LogP contribution in [-0.2, 0) is 26.6 Å². The number of benzene rings is 1. The first kappa shape index (κ1) is 20.8. The Labute approximate surface area is 166 Å². The van der Waals surface area contributed by atoms with Gasteiger partial charge in [0.25, 0.3) is 10.0 Å². The van der Waals surface area contributed by atoms with Gasteiger partial charge in [-0.3, -0.25) is 9.40 Å². The average Bonchev–Trinajstić information content (AvgIpc) is 3.04. The van der Waals surface area contributed by atoms with Gasteiger partial charge in [-0.25, -0.2) is 16.8 Å². The minimum atomic E-state index is -3.80. The molecular weight excluding hydrogens is 400 g/mol. The smallest absolute Gasteiger partial charge is 0.265 e. The Morgan fingerprint density at radius 3 is 2.43 bits per heavy atom. The Balaban J connectivity index is 1.79. The van der Waals surface area contributed by atoms with Crippen molar-refractivity contribution < 1.29 is 16.8 Å². The van der Waals surface area contributed by atoms with Crippen LogP contribution in [0.2, 0.25) is 0 Å². The van der Waals surface area contributed by atoms with Crippen LogP contribution in [-0.4, -0.2) is 44.0 Å². The number of nitrogens with one attached hydrogen (secondary N) is 1. The summed E-state index contributed by atoms with van der Waals surface area (Å²) in [7, 11) is -7.37. The van der Waals surface area contributed by atoms with Gasteiger partial charge in [0.1, 0.15) is 4.90 Å². The van der Waals surface area contributed by atoms with Gasteiger partial charge in [0.05, 0.1) is 10.6 Å². The summed E-state index contributed by atoms with van der Waals surface area (Å²) < 4.78 is 56.4. The third-order valence-corrected chi connectivity index (χ3v) is 8.24. The zero-order valence-corrected chi connectivity index (χ0v) is 17.9. The molecule has 0 unspecified atom stereocenters. The molecule has 1 aromatic carbocycles. The quantitative estimate of drug-likeness (QED) is 0.764. The number of sulfonamides is 2. The molecule has 1 aromatic heterocycles. The van der Waals surface area contributed by atoms with Crippen LogP contribution in [0.25, 0.3) is 0 Å². The summed E-state index contributed by atoms with van der Waals surface area (Å²) in [5, 5.41) is 4.15. The van der Waals surface area contributed by atoms with Crippen LogP contribution in [0.5, 0.6) is 0 Å². The molecule has 0 saturated carbocycles. The van der Waals surface area contributed by atoms with Crippen molar-refractivity contribution in [2.75, 3.05) is 17.8 Å². The van der Waals surface area contributed by atoms with Crippen molar-refractivity contribution in [3.8, 4) is 0 Å². The second kappa shape index (κ2) is 7.84. The van der Waals surface area contributed by atoms with Crippen LogP contribution in [0.15, 0.2) is 40.3 Å². The number of piperidine rings is 1. The fourth-order valence-corrected chi connectivity index (χ4v) is 6.19. The minimum absolute atomic E-state index is 0.105. The minimum Gasteiger partial charge on any atom is -0.280 e. The highest BCUT2D eigenvalue weighted by atomic mass is 32.2. The van der Waals surface area contributed by atoms with E-state index >= 15 is 0 Å². The predicted molar refractivity (Wildman–Crippen MR) is 107 cm³/mol. The molecule has 28 heavy (non-hydrogen) atoms. The molecule has 10 heteroatoms. The van der Waals surface area contributed by atoms with E-state index < -0.39 is 20.0 Å². The maximum absolute atomic E-state index is 12.8. The molecule has 2 aromatic rings. The molecule has 0 amide bonds. The largest absolute Gasteiger partial charge is 0.280 e. The lowest BCUT2D eigenvalue weighted by atomic mass is 10.0. The Hall–Kier alpha value is -1.91. The predicted octanol–water partition coefficient (Wildman–Crippen LogP) is 2.43. The summed E-state index contributed by atoms with van der Waals surface area (Å²) in [6, 6.07) is 5.82. The van der Waals surface area contributed by atoms with Gasteiger partial charge < -0.3 is 0 Å². The van der Waals surface area contributed by atoms with Gasteiger partial charge in [-0.15, -0.1) is 0 Å². The summed E-state index contributed by atoms with van der Waals surface area (Å²) in [5.41, 5.74) is 0.711. The van der Waals surface area contributed by atoms with Gasteiger partial charge in [-0.1, -0.05) is 6.92 Å². The molecule has 154 valence electrons. The number of aromatic nitrogens is 2. The van der Waals surface area contributed by atoms with Crippen molar-refractivity contribution in [2.45, 2.75) is 49.9 Å². The molecule has 1 atom stereocenters. The van der Waals surface area contributed by atoms with E-state index in [2.05, 4.69) is 9.82 Å². The second-order valence-corrected chi connectivity index (χ2v) is 10.8. The van der Waals surface area contributed by atoms with Crippen molar-refractivity contribution >= 4 is 25.7 Å². The Kier molecular flexibility index (Phi) is 5.83. The Bertz CT molecular complexity index is 1040. The first-order valence-corrected chi connectivity index (χ1v) is 12.2. The van der Waals surface area contributed by atoms with E-state index in [1.807, 2.05) is 13.8 Å². The standard InChI is InChI=1S/C18H26N4O4S2/c1-4-21-13-18(15(3)19-21)27(23,24)20-16-7-9-17(10-8-16)28(25,26)22-11-5-6-14(2)12-22/h7-10,13-14,20H,4-6,11-12H2,1-3H3/t14-/m1/s1. The molecule has 8 nitrogen and oxygen atoms in total. The number of rotatable bonds is 6. The van der Waals surface area contributed by atoms with Gasteiger partial charge in [0.2, 0.25) is 10.0 Å². The van der Waals surface area contributed by atoms with E-state index in [4.69, 9.17) is 0 Å². The lowest BCUT2D eigenvalue weighted by Gasteiger charge is -2.30. The van der Waals surface area contributed by atoms with E-state index in [0.29, 0.717) is 36.9 Å². The van der Waals surface area contributed by atoms with E-state index in [0.717, 1.165) is 12.8 Å². The molecule has 1 saturated heterocycles. The number of hydrogen-bond donors (Lipinski definition) is 1. The number of nitrogens with zero attached hydrogens (tertiary/aromatic N) is 3. The van der Waals surface area contributed by atoms with Crippen molar-refractivity contribution in [3.05, 3.63) is 36.2 Å². The Morgan fingerprint density at radius 2 is 1.86 bits per heavy atom. The molecule has 0 bridgehead atoms. The molecule has 0 radical (unpaired) electrons. The van der Waals surface area contributed by atoms with Crippen LogP contribution in [0.3, 0.4) is 0 Å². The van der Waals surface area contributed by atoms with Crippen LogP contribution in [0.1, 0.15) is 32.4 Å². The number of hydrogen-bond acceptors (Lipinski definition) is 5. The topological polar surface area (TPSA) is 101 Å². The van der Waals surface area contributed by atoms with E-state index in [-0.39, 0.29) is 9.79 Å². The fraction of sp³-hybridized carbons (Fsp3) is 0.500. The highest BCUT2D eigenvalue weighted by Crippen LogP contribution is 2.25. The first-order chi connectivity index (χ1) is 13.1. The molecular formula is C18H26N4O4S2. The molecule has 1 aliphatic rings. The highest BCUT2D eigenvalue weighted by Gasteiger charge is 2.28. The summed E-state index contributed by atoms with van der Waals surface area (Å²) in [5.74, 6) is 0.335. The summed E-state index contributed by atoms with van der Waals surface area (Å²) in [6.45, 7) is 7.15. The highest BCUT2D eigenvalue weighted by molar-refractivity contribution is 7.92. The maximum atomic E-state index is 12.8. The summed E-state index contributed by atoms with van der Waals surface area (Å²) >= 11 is 0. The van der Waals surface area contributed by atoms with E-state index in [1.165, 1.54) is 34.8 Å². The van der Waals surface area contributed by atoms with Crippen LogP contribution >= 0.6 is 0 Å². The number of aryl methyl sites for hydroxylation is 2. The van der Waals surface area contributed by atoms with Crippen molar-refractivity contribution in [2.24, 2.45) is 5.92 Å². The average molecular weight is 427 g/mol. The number of anilines is 1. The fourth-order valence-electron chi connectivity index (χ4n) is 3.34. The Morgan fingerprint density at radius 1 is 1.18 bits per heavy atom. The van der Waals surface area contributed by atoms with Gasteiger partial charge in [-0.2, -0.15) is 9.40 Å². The zero-order chi connectivity index (χ0) is 20.5. The second-order valence-electron chi connectivity index (χ2n) is 7.17. The van der Waals surface area contributed by atoms with Crippen molar-refractivity contribution in [1.82, 2.24) is 14.1 Å². The van der Waals surface area contributed by atoms with Crippen LogP contribution in [0.4, 0.5) is 5.69 Å². The van der Waals surface area contributed by atoms with Gasteiger partial charge >= 0.3 is 0 Å². The monoisotopic (exact) mass is 426 g/mol. The molecule has 1 aliphatic heterocycles. The van der Waals surface area contributed by atoms with Gasteiger partial charge in [0, 0.05) is 31.5 Å². The third-order valence-electron chi connectivity index (χ3n) is 4.88. The lowest BCUT2D eigenvalue weighted by Crippen LogP contribution is -2.39. The molecule has 0 aliphatic carbocycles. The molecule has 3 rings (SSSR count). The van der Waals surface area contributed by atoms with E-state index in [9.17, 15) is 16.8 Å². The van der Waals surface area contributed by atoms with Gasteiger partial charge in [0.15, 0.2) is 0 Å². The van der Waals surface area contributed by atoms with Crippen molar-refractivity contribution in [3.63, 3.8) is 0 Å². The SMILES string of the molecule is CCn1cc(S(=O)(=O)Nc2ccc(S(=O)(=O)N3CCC[C@@H](C)C3)cc2)c(C)n1. The molecule has 0 spiro atoms. The molecule has 1 N–H and O–H groups in total. The zero-order valence-electron chi connectivity index (χ0n) is 16.3. The van der Waals surface area contributed by atoms with Crippen LogP contribution in [0, 0.1) is 12.8 Å². The summed E-state index contributed by atoms with van der Waals surface area (Å²) in [6.07, 6.45) is 3.36. The first-order valence-electron chi connectivity index (χ1n) is 9.30. The molecule has 2 heterocycles. The lowest BCUT2D eigenvalue weighted by molar-refractivity contribution is 0.281. The summed E-state index contributed by atoms with van der Waals surface area (Å²) in [4.78, 5) is 0.271. The van der Waals surface area contributed by atoms with Gasteiger partial charge in [-0.05, 0) is 56.9 Å². The maximum Gasteiger partial charge on any atom is 0.265 e. The normalized spacial score (nSPS) is 18.9. The van der Waals surface area contributed by atoms with Crippen LogP contribution < -0.4 is 4.72 Å². The molecule has 1 fully saturated rings. The third kappa shape index (κ3) is 4.23. The van der Waals surface area contributed by atoms with Crippen molar-refractivity contribution in [1.29, 1.82) is 0 Å². The van der Waals surface area contributed by atoms with E-state index in [1.54, 1.807) is 11.6 Å².